The first kappa shape index (κ1) is 17.7. The Morgan fingerprint density at radius 3 is 2.12 bits per heavy atom. The second kappa shape index (κ2) is 6.82. The van der Waals surface area contributed by atoms with Crippen molar-refractivity contribution in [3.8, 4) is 0 Å². The minimum absolute atomic E-state index is 0.0276. The third-order valence-corrected chi connectivity index (χ3v) is 3.63. The summed E-state index contributed by atoms with van der Waals surface area (Å²) in [5.41, 5.74) is -2.12. The standard InChI is InChI=1S/C17H17FO6/c1-4-22-15(20)17(16(21)23-5-2)13(10(3)14(19)24-17)11-6-8-12(18)9-7-11/h6-9,13H,3-5H2,1-2H3/t13-/m0/s1. The Bertz CT molecular complexity index is 661. The molecule has 1 saturated heterocycles. The zero-order valence-electron chi connectivity index (χ0n) is 13.3. The highest BCUT2D eigenvalue weighted by molar-refractivity contribution is 6.12. The number of carbonyl (C=O) groups excluding carboxylic acids is 3. The first-order valence-electron chi connectivity index (χ1n) is 7.40. The topological polar surface area (TPSA) is 78.9 Å². The second-order valence-electron chi connectivity index (χ2n) is 5.08. The van der Waals surface area contributed by atoms with Crippen molar-refractivity contribution in [2.24, 2.45) is 0 Å². The highest BCUT2D eigenvalue weighted by Gasteiger charge is 2.65. The summed E-state index contributed by atoms with van der Waals surface area (Å²) in [6, 6.07) is 4.99. The molecule has 0 amide bonds. The van der Waals surface area contributed by atoms with E-state index in [0.29, 0.717) is 5.56 Å². The Morgan fingerprint density at radius 2 is 1.67 bits per heavy atom. The van der Waals surface area contributed by atoms with E-state index < -0.39 is 35.2 Å². The van der Waals surface area contributed by atoms with Crippen LogP contribution < -0.4 is 0 Å². The molecular formula is C17H17FO6. The third-order valence-electron chi connectivity index (χ3n) is 3.63. The number of cyclic esters (lactones) is 1. The van der Waals surface area contributed by atoms with E-state index in [1.807, 2.05) is 0 Å². The molecule has 1 fully saturated rings. The van der Waals surface area contributed by atoms with Crippen molar-refractivity contribution in [1.82, 2.24) is 0 Å². The van der Waals surface area contributed by atoms with Crippen LogP contribution in [0.25, 0.3) is 0 Å². The van der Waals surface area contributed by atoms with Gasteiger partial charge >= 0.3 is 23.5 Å². The average molecular weight is 336 g/mol. The number of carbonyl (C=O) groups is 3. The molecule has 0 aromatic heterocycles. The van der Waals surface area contributed by atoms with Crippen molar-refractivity contribution < 1.29 is 33.0 Å². The van der Waals surface area contributed by atoms with Gasteiger partial charge in [-0.25, -0.2) is 18.8 Å². The molecular weight excluding hydrogens is 319 g/mol. The van der Waals surface area contributed by atoms with Gasteiger partial charge in [0.1, 0.15) is 5.82 Å². The molecule has 0 bridgehead atoms. The van der Waals surface area contributed by atoms with Gasteiger partial charge in [-0.2, -0.15) is 0 Å². The third kappa shape index (κ3) is 2.77. The predicted octanol–water partition coefficient (Wildman–Crippen LogP) is 1.89. The van der Waals surface area contributed by atoms with Crippen molar-refractivity contribution in [2.45, 2.75) is 25.4 Å². The zero-order valence-corrected chi connectivity index (χ0v) is 13.3. The van der Waals surface area contributed by atoms with Gasteiger partial charge in [-0.3, -0.25) is 0 Å². The maximum absolute atomic E-state index is 13.2. The maximum atomic E-state index is 13.2. The molecule has 0 aliphatic carbocycles. The molecule has 0 spiro atoms. The fraction of sp³-hybridized carbons (Fsp3) is 0.353. The minimum Gasteiger partial charge on any atom is -0.463 e. The van der Waals surface area contributed by atoms with Gasteiger partial charge in [0.2, 0.25) is 0 Å². The molecule has 6 nitrogen and oxygen atoms in total. The number of esters is 3. The van der Waals surface area contributed by atoms with Crippen molar-refractivity contribution >= 4 is 17.9 Å². The van der Waals surface area contributed by atoms with Crippen LogP contribution in [0.15, 0.2) is 36.4 Å². The van der Waals surface area contributed by atoms with Crippen molar-refractivity contribution in [2.75, 3.05) is 13.2 Å². The lowest BCUT2D eigenvalue weighted by molar-refractivity contribution is -0.190. The molecule has 24 heavy (non-hydrogen) atoms. The Balaban J connectivity index is 2.62. The van der Waals surface area contributed by atoms with Crippen LogP contribution in [0.4, 0.5) is 4.39 Å². The highest BCUT2D eigenvalue weighted by atomic mass is 19.1. The van der Waals surface area contributed by atoms with Gasteiger partial charge in [0.15, 0.2) is 0 Å². The van der Waals surface area contributed by atoms with Crippen LogP contribution in [-0.2, 0) is 28.6 Å². The Hall–Kier alpha value is -2.70. The average Bonchev–Trinajstić information content (AvgIpc) is 2.82. The van der Waals surface area contributed by atoms with Crippen LogP contribution in [0, 0.1) is 5.82 Å². The van der Waals surface area contributed by atoms with Crippen LogP contribution >= 0.6 is 0 Å². The van der Waals surface area contributed by atoms with Gasteiger partial charge in [-0.1, -0.05) is 18.7 Å². The van der Waals surface area contributed by atoms with Crippen LogP contribution in [0.3, 0.4) is 0 Å². The lowest BCUT2D eigenvalue weighted by Crippen LogP contribution is -2.52. The fourth-order valence-electron chi connectivity index (χ4n) is 2.60. The number of halogens is 1. The number of ether oxygens (including phenoxy) is 3. The lowest BCUT2D eigenvalue weighted by atomic mass is 9.79. The quantitative estimate of drug-likeness (QED) is 0.354. The summed E-state index contributed by atoms with van der Waals surface area (Å²) in [7, 11) is 0. The molecule has 0 radical (unpaired) electrons. The van der Waals surface area contributed by atoms with E-state index in [9.17, 15) is 18.8 Å². The molecule has 2 rings (SSSR count). The first-order valence-corrected chi connectivity index (χ1v) is 7.40. The molecule has 0 saturated carbocycles. The zero-order chi connectivity index (χ0) is 17.9. The molecule has 0 N–H and O–H groups in total. The summed E-state index contributed by atoms with van der Waals surface area (Å²) >= 11 is 0. The van der Waals surface area contributed by atoms with E-state index in [1.165, 1.54) is 12.1 Å². The van der Waals surface area contributed by atoms with Gasteiger partial charge in [-0.15, -0.1) is 0 Å². The normalized spacial score (nSPS) is 18.9. The highest BCUT2D eigenvalue weighted by Crippen LogP contribution is 2.45. The van der Waals surface area contributed by atoms with Crippen molar-refractivity contribution in [1.29, 1.82) is 0 Å². The smallest absolute Gasteiger partial charge is 0.363 e. The van der Waals surface area contributed by atoms with Crippen LogP contribution in [0.5, 0.6) is 0 Å². The largest absolute Gasteiger partial charge is 0.463 e. The Labute approximate surface area is 138 Å². The molecule has 1 heterocycles. The molecule has 1 atom stereocenters. The molecule has 128 valence electrons. The first-order chi connectivity index (χ1) is 11.4. The maximum Gasteiger partial charge on any atom is 0.363 e. The second-order valence-corrected chi connectivity index (χ2v) is 5.08. The molecule has 1 aromatic carbocycles. The van der Waals surface area contributed by atoms with Crippen molar-refractivity contribution in [3.05, 3.63) is 47.8 Å². The van der Waals surface area contributed by atoms with Crippen LogP contribution in [0.1, 0.15) is 25.3 Å². The van der Waals surface area contributed by atoms with E-state index >= 15 is 0 Å². The van der Waals surface area contributed by atoms with Gasteiger partial charge in [0, 0.05) is 5.57 Å². The summed E-state index contributed by atoms with van der Waals surface area (Å²) in [5, 5.41) is 0. The van der Waals surface area contributed by atoms with Gasteiger partial charge in [-0.05, 0) is 31.5 Å². The molecule has 1 aliphatic heterocycles. The van der Waals surface area contributed by atoms with Crippen LogP contribution in [-0.4, -0.2) is 36.7 Å². The molecule has 0 unspecified atom stereocenters. The number of rotatable bonds is 5. The Morgan fingerprint density at radius 1 is 1.17 bits per heavy atom. The fourth-order valence-corrected chi connectivity index (χ4v) is 2.60. The van der Waals surface area contributed by atoms with E-state index in [0.717, 1.165) is 12.1 Å². The summed E-state index contributed by atoms with van der Waals surface area (Å²) in [6.45, 7) is 6.66. The Kier molecular flexibility index (Phi) is 5.02. The van der Waals surface area contributed by atoms with E-state index in [2.05, 4.69) is 6.58 Å². The number of hydrogen-bond acceptors (Lipinski definition) is 6. The molecule has 7 heteroatoms. The number of hydrogen-bond donors (Lipinski definition) is 0. The SMILES string of the molecule is C=C1C(=O)OC(C(=O)OCC)(C(=O)OCC)[C@@H]1c1ccc(F)cc1. The summed E-state index contributed by atoms with van der Waals surface area (Å²) < 4.78 is 28.2. The van der Waals surface area contributed by atoms with E-state index in [1.54, 1.807) is 13.8 Å². The predicted molar refractivity (Wildman–Crippen MR) is 80.4 cm³/mol. The summed E-state index contributed by atoms with van der Waals surface area (Å²) in [6.07, 6.45) is 0. The van der Waals surface area contributed by atoms with Gasteiger partial charge < -0.3 is 14.2 Å². The molecule has 1 aromatic rings. The van der Waals surface area contributed by atoms with Crippen molar-refractivity contribution in [3.63, 3.8) is 0 Å². The molecule has 1 aliphatic rings. The lowest BCUT2D eigenvalue weighted by Gasteiger charge is -2.28. The summed E-state index contributed by atoms with van der Waals surface area (Å²) in [5.74, 6) is -4.68. The van der Waals surface area contributed by atoms with Gasteiger partial charge in [0.25, 0.3) is 0 Å². The summed E-state index contributed by atoms with van der Waals surface area (Å²) in [4.78, 5) is 37.1. The van der Waals surface area contributed by atoms with Gasteiger partial charge in [0.05, 0.1) is 19.1 Å². The van der Waals surface area contributed by atoms with E-state index in [-0.39, 0.29) is 18.8 Å². The monoisotopic (exact) mass is 336 g/mol. The van der Waals surface area contributed by atoms with E-state index in [4.69, 9.17) is 14.2 Å². The number of benzene rings is 1. The minimum atomic E-state index is -2.32. The van der Waals surface area contributed by atoms with Crippen LogP contribution in [0.2, 0.25) is 0 Å².